The van der Waals surface area contributed by atoms with Gasteiger partial charge >= 0.3 is 5.97 Å². The number of aliphatic carboxylic acids is 1. The summed E-state index contributed by atoms with van der Waals surface area (Å²) in [5.74, 6) is -0.427. The van der Waals surface area contributed by atoms with Crippen molar-refractivity contribution in [3.8, 4) is 11.5 Å². The molecule has 1 aliphatic rings. The highest BCUT2D eigenvalue weighted by Gasteiger charge is 2.26. The van der Waals surface area contributed by atoms with Gasteiger partial charge in [-0.25, -0.2) is 13.2 Å². The van der Waals surface area contributed by atoms with Crippen LogP contribution in [0.25, 0.3) is 0 Å². The summed E-state index contributed by atoms with van der Waals surface area (Å²) >= 11 is 6.08. The lowest BCUT2D eigenvalue weighted by molar-refractivity contribution is -0.384. The molecule has 1 atom stereocenters. The number of non-ortho nitro benzene ring substituents is 1. The Morgan fingerprint density at radius 2 is 1.54 bits per heavy atom. The minimum atomic E-state index is -3.52. The fourth-order valence-corrected chi connectivity index (χ4v) is 5.80. The number of nitrogens with one attached hydrogen (secondary N) is 1. The first-order chi connectivity index (χ1) is 23.0. The summed E-state index contributed by atoms with van der Waals surface area (Å²) < 4.78 is 35.6. The number of hydrogen-bond donors (Lipinski definition) is 2. The zero-order valence-electron chi connectivity index (χ0n) is 26.3. The molecule has 1 fully saturated rings. The molecular formula is C34H37ClN4O8S. The summed E-state index contributed by atoms with van der Waals surface area (Å²) in [5.41, 5.74) is 2.45. The van der Waals surface area contributed by atoms with Crippen LogP contribution in [0, 0.1) is 10.1 Å². The zero-order chi connectivity index (χ0) is 34.5. The summed E-state index contributed by atoms with van der Waals surface area (Å²) in [6, 6.07) is 31.1. The Labute approximate surface area is 284 Å². The van der Waals surface area contributed by atoms with Gasteiger partial charge in [0.05, 0.1) is 35.6 Å². The van der Waals surface area contributed by atoms with Crippen LogP contribution in [0.4, 0.5) is 11.4 Å². The summed E-state index contributed by atoms with van der Waals surface area (Å²) in [5, 5.41) is 20.2. The normalized spacial score (nSPS) is 14.3. The number of anilines is 1. The lowest BCUT2D eigenvalue weighted by atomic mass is 9.96. The molecule has 4 aromatic rings. The molecule has 5 rings (SSSR count). The van der Waals surface area contributed by atoms with Crippen LogP contribution < -0.4 is 9.46 Å². The van der Waals surface area contributed by atoms with E-state index in [2.05, 4.69) is 50.9 Å². The van der Waals surface area contributed by atoms with Gasteiger partial charge in [0.15, 0.2) is 5.75 Å². The third kappa shape index (κ3) is 11.6. The Morgan fingerprint density at radius 3 is 2.12 bits per heavy atom. The number of benzene rings is 4. The predicted molar refractivity (Wildman–Crippen MR) is 184 cm³/mol. The van der Waals surface area contributed by atoms with Gasteiger partial charge < -0.3 is 14.6 Å². The van der Waals surface area contributed by atoms with E-state index in [1.54, 1.807) is 30.3 Å². The van der Waals surface area contributed by atoms with E-state index in [-0.39, 0.29) is 29.8 Å². The number of sulfonamides is 1. The number of rotatable bonds is 13. The number of hydrogen-bond acceptors (Lipinski definition) is 9. The second-order valence-electron chi connectivity index (χ2n) is 10.9. The van der Waals surface area contributed by atoms with E-state index in [1.165, 1.54) is 29.3 Å². The van der Waals surface area contributed by atoms with Gasteiger partial charge in [0.1, 0.15) is 12.4 Å². The highest BCUT2D eigenvalue weighted by molar-refractivity contribution is 7.92. The van der Waals surface area contributed by atoms with Crippen molar-refractivity contribution < 1.29 is 32.7 Å². The Bertz CT molecular complexity index is 1740. The molecule has 2 N–H and O–H groups in total. The van der Waals surface area contributed by atoms with E-state index in [0.29, 0.717) is 12.4 Å². The standard InChI is InChI=1S/C21H25ClN2O3.C13H12N2O5S/c22-19-8-6-18(7-9-19)21(17-4-2-1-3-5-17)24-12-10-23(11-13-24)14-15-27-16-20(25)26;1-21(18,19)14-12-8-7-10(15(16)17)9-13(12)20-11-5-3-2-4-6-11/h1-9,21H,10-16H2,(H,25,26);2-9,14H,1H3. The number of halogens is 1. The number of nitro groups is 1. The molecule has 0 radical (unpaired) electrons. The molecule has 254 valence electrons. The summed E-state index contributed by atoms with van der Waals surface area (Å²) in [4.78, 5) is 25.6. The van der Waals surface area contributed by atoms with Crippen molar-refractivity contribution in [2.45, 2.75) is 6.04 Å². The fraction of sp³-hybridized carbons (Fsp3) is 0.265. The maximum atomic E-state index is 11.3. The molecule has 14 heteroatoms. The molecule has 12 nitrogen and oxygen atoms in total. The summed E-state index contributed by atoms with van der Waals surface area (Å²) in [6.07, 6.45) is 0.987. The zero-order valence-corrected chi connectivity index (χ0v) is 27.8. The molecule has 0 bridgehead atoms. The SMILES string of the molecule is CS(=O)(=O)Nc1ccc([N+](=O)[O-])cc1Oc1ccccc1.O=C(O)COCCN1CCN(C(c2ccccc2)c2ccc(Cl)cc2)CC1. The number of carboxylic acid groups (broad SMARTS) is 1. The van der Waals surface area contributed by atoms with Gasteiger partial charge in [-0.1, -0.05) is 72.3 Å². The van der Waals surface area contributed by atoms with Crippen LogP contribution in [0.5, 0.6) is 11.5 Å². The van der Waals surface area contributed by atoms with Crippen molar-refractivity contribution in [3.63, 3.8) is 0 Å². The largest absolute Gasteiger partial charge is 0.480 e. The molecule has 0 aromatic heterocycles. The Morgan fingerprint density at radius 1 is 0.938 bits per heavy atom. The lowest BCUT2D eigenvalue weighted by Crippen LogP contribution is -2.48. The topological polar surface area (TPSA) is 152 Å². The third-order valence-corrected chi connectivity index (χ3v) is 8.14. The van der Waals surface area contributed by atoms with Gasteiger partial charge in [0, 0.05) is 43.8 Å². The molecule has 1 aliphatic heterocycles. The van der Waals surface area contributed by atoms with Gasteiger partial charge in [-0.2, -0.15) is 0 Å². The van der Waals surface area contributed by atoms with E-state index in [9.17, 15) is 23.3 Å². The number of carboxylic acids is 1. The molecule has 1 saturated heterocycles. The average Bonchev–Trinajstić information content (AvgIpc) is 3.06. The molecule has 0 amide bonds. The molecule has 1 heterocycles. The van der Waals surface area contributed by atoms with E-state index in [1.807, 2.05) is 18.2 Å². The molecule has 0 spiro atoms. The molecular weight excluding hydrogens is 660 g/mol. The summed E-state index contributed by atoms with van der Waals surface area (Å²) in [7, 11) is -3.52. The number of nitro benzene ring substituents is 1. The van der Waals surface area contributed by atoms with Crippen LogP contribution in [-0.2, 0) is 19.6 Å². The van der Waals surface area contributed by atoms with Gasteiger partial charge in [0.2, 0.25) is 10.0 Å². The molecule has 4 aromatic carbocycles. The highest BCUT2D eigenvalue weighted by atomic mass is 35.5. The second kappa shape index (κ2) is 17.6. The molecule has 48 heavy (non-hydrogen) atoms. The first kappa shape index (κ1) is 36.3. The first-order valence-corrected chi connectivity index (χ1v) is 17.3. The maximum Gasteiger partial charge on any atom is 0.329 e. The van der Waals surface area contributed by atoms with Crippen molar-refractivity contribution in [1.82, 2.24) is 9.80 Å². The number of piperazine rings is 1. The van der Waals surface area contributed by atoms with Gasteiger partial charge in [0.25, 0.3) is 5.69 Å². The molecule has 1 unspecified atom stereocenters. The van der Waals surface area contributed by atoms with Crippen LogP contribution in [-0.4, -0.2) is 86.4 Å². The van der Waals surface area contributed by atoms with E-state index in [0.717, 1.165) is 44.0 Å². The average molecular weight is 697 g/mol. The monoisotopic (exact) mass is 696 g/mol. The van der Waals surface area contributed by atoms with Crippen molar-refractivity contribution in [2.24, 2.45) is 0 Å². The number of ether oxygens (including phenoxy) is 2. The van der Waals surface area contributed by atoms with E-state index < -0.39 is 20.9 Å². The lowest BCUT2D eigenvalue weighted by Gasteiger charge is -2.39. The van der Waals surface area contributed by atoms with Crippen LogP contribution in [0.15, 0.2) is 103 Å². The smallest absolute Gasteiger partial charge is 0.329 e. The van der Waals surface area contributed by atoms with Gasteiger partial charge in [-0.15, -0.1) is 0 Å². The van der Waals surface area contributed by atoms with Crippen molar-refractivity contribution in [1.29, 1.82) is 0 Å². The van der Waals surface area contributed by atoms with Gasteiger partial charge in [-0.3, -0.25) is 24.6 Å². The fourth-order valence-electron chi connectivity index (χ4n) is 5.10. The van der Waals surface area contributed by atoms with Crippen molar-refractivity contribution in [2.75, 3.05) is 56.9 Å². The summed E-state index contributed by atoms with van der Waals surface area (Å²) in [6.45, 7) is 4.75. The second-order valence-corrected chi connectivity index (χ2v) is 13.1. The van der Waals surface area contributed by atoms with Crippen molar-refractivity contribution >= 4 is 39.0 Å². The van der Waals surface area contributed by atoms with Crippen LogP contribution in [0.3, 0.4) is 0 Å². The Balaban J connectivity index is 0.000000224. The maximum absolute atomic E-state index is 11.3. The number of para-hydroxylation sites is 1. The number of carbonyl (C=O) groups is 1. The van der Waals surface area contributed by atoms with E-state index in [4.69, 9.17) is 26.2 Å². The van der Waals surface area contributed by atoms with Crippen LogP contribution in [0.1, 0.15) is 17.2 Å². The number of nitrogens with zero attached hydrogens (tertiary/aromatic N) is 3. The van der Waals surface area contributed by atoms with Crippen molar-refractivity contribution in [3.05, 3.63) is 129 Å². The Hall–Kier alpha value is -4.53. The van der Waals surface area contributed by atoms with Crippen LogP contribution >= 0.6 is 11.6 Å². The third-order valence-electron chi connectivity index (χ3n) is 7.29. The predicted octanol–water partition coefficient (Wildman–Crippen LogP) is 5.91. The van der Waals surface area contributed by atoms with E-state index >= 15 is 0 Å². The highest BCUT2D eigenvalue weighted by Crippen LogP contribution is 2.34. The quantitative estimate of drug-likeness (QED) is 0.0981. The molecule has 0 saturated carbocycles. The molecule has 0 aliphatic carbocycles. The van der Waals surface area contributed by atoms with Crippen LogP contribution in [0.2, 0.25) is 5.02 Å². The minimum Gasteiger partial charge on any atom is -0.480 e. The Kier molecular flexibility index (Phi) is 13.3. The minimum absolute atomic E-state index is 0.0563. The van der Waals surface area contributed by atoms with Gasteiger partial charge in [-0.05, 0) is 41.5 Å². The first-order valence-electron chi connectivity index (χ1n) is 15.0.